The first-order valence-corrected chi connectivity index (χ1v) is 12.4. The van der Waals surface area contributed by atoms with Gasteiger partial charge in [-0.15, -0.1) is 0 Å². The predicted octanol–water partition coefficient (Wildman–Crippen LogP) is 5.80. The van der Waals surface area contributed by atoms with Gasteiger partial charge in [0, 0.05) is 16.7 Å². The second-order valence-electron chi connectivity index (χ2n) is 7.42. The maximum absolute atomic E-state index is 13.3. The van der Waals surface area contributed by atoms with Gasteiger partial charge in [0.15, 0.2) is 0 Å². The van der Waals surface area contributed by atoms with Crippen LogP contribution in [0.15, 0.2) is 70.0 Å². The Morgan fingerprint density at radius 3 is 2.55 bits per heavy atom. The number of amides is 1. The molecule has 1 amide bonds. The first-order valence-electron chi connectivity index (χ1n) is 9.74. The molecule has 0 atom stereocenters. The fourth-order valence-corrected chi connectivity index (χ4v) is 5.67. The monoisotopic (exact) mass is 518 g/mol. The Hall–Kier alpha value is -2.35. The Morgan fingerprint density at radius 1 is 1.06 bits per heavy atom. The molecule has 4 rings (SSSR count). The molecule has 0 radical (unpaired) electrons. The molecule has 3 aromatic carbocycles. The number of sulfonamides is 1. The van der Waals surface area contributed by atoms with Crippen LogP contribution in [-0.4, -0.2) is 20.9 Å². The summed E-state index contributed by atoms with van der Waals surface area (Å²) in [7, 11) is -3.71. The lowest BCUT2D eigenvalue weighted by Crippen LogP contribution is -2.35. The summed E-state index contributed by atoms with van der Waals surface area (Å²) in [4.78, 5) is 13.0. The van der Waals surface area contributed by atoms with E-state index in [4.69, 9.17) is 11.6 Å². The highest BCUT2D eigenvalue weighted by molar-refractivity contribution is 9.10. The van der Waals surface area contributed by atoms with Gasteiger partial charge in [0.2, 0.25) is 0 Å². The molecule has 1 aliphatic heterocycles. The second kappa shape index (κ2) is 8.65. The third-order valence-electron chi connectivity index (χ3n) is 5.20. The van der Waals surface area contributed by atoms with E-state index in [0.29, 0.717) is 28.5 Å². The van der Waals surface area contributed by atoms with Crippen LogP contribution in [0.25, 0.3) is 0 Å². The number of carbonyl (C=O) groups is 1. The quantitative estimate of drug-likeness (QED) is 0.473. The number of hydrogen-bond donors (Lipinski definition) is 1. The normalized spacial score (nSPS) is 13.6. The number of halogens is 2. The van der Waals surface area contributed by atoms with Crippen LogP contribution >= 0.6 is 27.5 Å². The molecule has 0 aromatic heterocycles. The van der Waals surface area contributed by atoms with Gasteiger partial charge in [0.05, 0.1) is 21.2 Å². The Morgan fingerprint density at radius 2 is 1.81 bits per heavy atom. The topological polar surface area (TPSA) is 66.5 Å². The summed E-state index contributed by atoms with van der Waals surface area (Å²) in [5.74, 6) is -0.366. The molecular weight excluding hydrogens is 500 g/mol. The van der Waals surface area contributed by atoms with E-state index >= 15 is 0 Å². The minimum Gasteiger partial charge on any atom is -0.322 e. The lowest BCUT2D eigenvalue weighted by Gasteiger charge is -2.31. The molecular formula is C23H20BrClN2O3S. The van der Waals surface area contributed by atoms with Crippen LogP contribution in [0.5, 0.6) is 0 Å². The van der Waals surface area contributed by atoms with Crippen molar-refractivity contribution < 1.29 is 13.2 Å². The number of carbonyl (C=O) groups excluding carboxylic acids is 1. The average Bonchev–Trinajstić information content (AvgIpc) is 2.75. The number of nitrogens with zero attached hydrogens (tertiary/aromatic N) is 1. The molecule has 0 saturated heterocycles. The first-order chi connectivity index (χ1) is 14.8. The fraction of sp³-hybridized carbons (Fsp3) is 0.174. The summed E-state index contributed by atoms with van der Waals surface area (Å²) in [5.41, 5.74) is 3.35. The highest BCUT2D eigenvalue weighted by atomic mass is 79.9. The van der Waals surface area contributed by atoms with Gasteiger partial charge < -0.3 is 5.32 Å². The van der Waals surface area contributed by atoms with Crippen LogP contribution in [-0.2, 0) is 16.4 Å². The van der Waals surface area contributed by atoms with Gasteiger partial charge in [-0.05, 0) is 67.8 Å². The molecule has 5 nitrogen and oxygen atoms in total. The Labute approximate surface area is 195 Å². The van der Waals surface area contributed by atoms with Crippen molar-refractivity contribution in [3.63, 3.8) is 0 Å². The van der Waals surface area contributed by atoms with Gasteiger partial charge in [0.25, 0.3) is 15.9 Å². The van der Waals surface area contributed by atoms with Crippen molar-refractivity contribution in [2.45, 2.75) is 24.7 Å². The van der Waals surface area contributed by atoms with Crippen LogP contribution in [0.3, 0.4) is 0 Å². The highest BCUT2D eigenvalue weighted by Gasteiger charge is 2.29. The summed E-state index contributed by atoms with van der Waals surface area (Å²) < 4.78 is 28.8. The summed E-state index contributed by atoms with van der Waals surface area (Å²) in [6.45, 7) is 2.30. The van der Waals surface area contributed by atoms with Crippen LogP contribution in [0.2, 0.25) is 5.02 Å². The standard InChI is InChI=1S/C23H20BrClN2O3S/c1-15-4-9-19(10-5-15)31(29,30)27-12-2-3-16-6-8-18(14-22(16)27)26-23(28)20-13-17(24)7-11-21(20)25/h4-11,13-14H,2-3,12H2,1H3,(H,26,28). The van der Waals surface area contributed by atoms with E-state index in [1.165, 1.54) is 4.31 Å². The molecule has 160 valence electrons. The molecule has 0 saturated carbocycles. The number of aryl methyl sites for hydroxylation is 2. The number of fused-ring (bicyclic) bond motifs is 1. The maximum atomic E-state index is 13.3. The number of nitrogens with one attached hydrogen (secondary N) is 1. The lowest BCUT2D eigenvalue weighted by atomic mass is 10.0. The average molecular weight is 520 g/mol. The largest absolute Gasteiger partial charge is 0.322 e. The third-order valence-corrected chi connectivity index (χ3v) is 7.85. The van der Waals surface area contributed by atoms with Crippen molar-refractivity contribution in [1.29, 1.82) is 0 Å². The molecule has 0 bridgehead atoms. The van der Waals surface area contributed by atoms with Gasteiger partial charge in [0.1, 0.15) is 0 Å². The van der Waals surface area contributed by atoms with Crippen molar-refractivity contribution in [2.75, 3.05) is 16.2 Å². The van der Waals surface area contributed by atoms with Crippen molar-refractivity contribution in [1.82, 2.24) is 0 Å². The third kappa shape index (κ3) is 4.49. The molecule has 0 aliphatic carbocycles. The zero-order valence-electron chi connectivity index (χ0n) is 16.7. The SMILES string of the molecule is Cc1ccc(S(=O)(=O)N2CCCc3ccc(NC(=O)c4cc(Br)ccc4Cl)cc32)cc1. The Kier molecular flexibility index (Phi) is 6.10. The van der Waals surface area contributed by atoms with E-state index in [-0.39, 0.29) is 10.8 Å². The number of rotatable bonds is 4. The minimum atomic E-state index is -3.71. The smallest absolute Gasteiger partial charge is 0.264 e. The first kappa shape index (κ1) is 21.9. The molecule has 0 spiro atoms. The maximum Gasteiger partial charge on any atom is 0.264 e. The van der Waals surface area contributed by atoms with Crippen LogP contribution in [0.4, 0.5) is 11.4 Å². The van der Waals surface area contributed by atoms with Crippen molar-refractivity contribution in [2.24, 2.45) is 0 Å². The summed E-state index contributed by atoms with van der Waals surface area (Å²) >= 11 is 9.51. The molecule has 0 fully saturated rings. The fourth-order valence-electron chi connectivity index (χ4n) is 3.58. The number of anilines is 2. The van der Waals surface area contributed by atoms with E-state index < -0.39 is 10.0 Å². The van der Waals surface area contributed by atoms with Crippen LogP contribution < -0.4 is 9.62 Å². The summed E-state index contributed by atoms with van der Waals surface area (Å²) in [6, 6.07) is 17.2. The Bertz CT molecular complexity index is 1260. The minimum absolute atomic E-state index is 0.251. The molecule has 1 heterocycles. The van der Waals surface area contributed by atoms with E-state index in [9.17, 15) is 13.2 Å². The van der Waals surface area contributed by atoms with E-state index in [1.807, 2.05) is 13.0 Å². The number of benzene rings is 3. The van der Waals surface area contributed by atoms with Gasteiger partial charge in [-0.1, -0.05) is 51.3 Å². The summed E-state index contributed by atoms with van der Waals surface area (Å²) in [5, 5.41) is 3.17. The lowest BCUT2D eigenvalue weighted by molar-refractivity contribution is 0.102. The van der Waals surface area contributed by atoms with Gasteiger partial charge in [-0.25, -0.2) is 8.42 Å². The van der Waals surface area contributed by atoms with Gasteiger partial charge >= 0.3 is 0 Å². The molecule has 3 aromatic rings. The van der Waals surface area contributed by atoms with Crippen molar-refractivity contribution >= 4 is 54.8 Å². The molecule has 1 aliphatic rings. The highest BCUT2D eigenvalue weighted by Crippen LogP contribution is 2.34. The number of hydrogen-bond acceptors (Lipinski definition) is 3. The van der Waals surface area contributed by atoms with Crippen LogP contribution in [0.1, 0.15) is 27.9 Å². The van der Waals surface area contributed by atoms with Crippen LogP contribution in [0, 0.1) is 6.92 Å². The van der Waals surface area contributed by atoms with Crippen molar-refractivity contribution in [3.8, 4) is 0 Å². The predicted molar refractivity (Wildman–Crippen MR) is 128 cm³/mol. The van der Waals surface area contributed by atoms with Gasteiger partial charge in [-0.2, -0.15) is 0 Å². The second-order valence-corrected chi connectivity index (χ2v) is 10.6. The van der Waals surface area contributed by atoms with Crippen molar-refractivity contribution in [3.05, 3.63) is 86.8 Å². The molecule has 31 heavy (non-hydrogen) atoms. The Balaban J connectivity index is 1.67. The molecule has 0 unspecified atom stereocenters. The van der Waals surface area contributed by atoms with Gasteiger partial charge in [-0.3, -0.25) is 9.10 Å². The van der Waals surface area contributed by atoms with E-state index in [0.717, 1.165) is 28.4 Å². The van der Waals surface area contributed by atoms with E-state index in [1.54, 1.807) is 54.6 Å². The van der Waals surface area contributed by atoms with E-state index in [2.05, 4.69) is 21.2 Å². The summed E-state index contributed by atoms with van der Waals surface area (Å²) in [6.07, 6.45) is 1.51. The molecule has 8 heteroatoms. The zero-order valence-corrected chi connectivity index (χ0v) is 19.9. The molecule has 1 N–H and O–H groups in total. The zero-order chi connectivity index (χ0) is 22.2.